The SMILES string of the molecule is C=Cc1[nH]cc(C)c1C=C. The summed E-state index contributed by atoms with van der Waals surface area (Å²) >= 11 is 0. The van der Waals surface area contributed by atoms with Gasteiger partial charge in [-0.3, -0.25) is 0 Å². The van der Waals surface area contributed by atoms with Gasteiger partial charge in [0.15, 0.2) is 0 Å². The monoisotopic (exact) mass is 133 g/mol. The van der Waals surface area contributed by atoms with Gasteiger partial charge in [-0.2, -0.15) is 0 Å². The highest BCUT2D eigenvalue weighted by atomic mass is 14.7. The summed E-state index contributed by atoms with van der Waals surface area (Å²) in [5.74, 6) is 0. The van der Waals surface area contributed by atoms with Crippen molar-refractivity contribution in [2.75, 3.05) is 0 Å². The molecule has 0 aliphatic heterocycles. The maximum atomic E-state index is 3.70. The van der Waals surface area contributed by atoms with E-state index in [0.717, 1.165) is 11.3 Å². The molecule has 0 radical (unpaired) electrons. The van der Waals surface area contributed by atoms with Gasteiger partial charge in [-0.05, 0) is 18.6 Å². The molecule has 0 unspecified atom stereocenters. The van der Waals surface area contributed by atoms with Gasteiger partial charge in [0.25, 0.3) is 0 Å². The van der Waals surface area contributed by atoms with E-state index >= 15 is 0 Å². The van der Waals surface area contributed by atoms with Crippen LogP contribution in [0, 0.1) is 6.92 Å². The molecular weight excluding hydrogens is 122 g/mol. The second kappa shape index (κ2) is 2.56. The fourth-order valence-electron chi connectivity index (χ4n) is 0.994. The van der Waals surface area contributed by atoms with Crippen LogP contribution in [0.3, 0.4) is 0 Å². The van der Waals surface area contributed by atoms with Crippen LogP contribution < -0.4 is 0 Å². The van der Waals surface area contributed by atoms with Crippen molar-refractivity contribution in [3.05, 3.63) is 36.2 Å². The molecule has 1 aromatic heterocycles. The van der Waals surface area contributed by atoms with Gasteiger partial charge in [0.2, 0.25) is 0 Å². The van der Waals surface area contributed by atoms with E-state index in [1.54, 1.807) is 6.08 Å². The van der Waals surface area contributed by atoms with Crippen LogP contribution in [0.25, 0.3) is 12.2 Å². The molecule has 0 saturated heterocycles. The van der Waals surface area contributed by atoms with Crippen molar-refractivity contribution in [3.8, 4) is 0 Å². The summed E-state index contributed by atoms with van der Waals surface area (Å²) in [6, 6.07) is 0. The number of H-pyrrole nitrogens is 1. The largest absolute Gasteiger partial charge is 0.361 e. The van der Waals surface area contributed by atoms with Gasteiger partial charge in [-0.1, -0.05) is 19.2 Å². The van der Waals surface area contributed by atoms with Gasteiger partial charge in [0.05, 0.1) is 0 Å². The van der Waals surface area contributed by atoms with E-state index in [4.69, 9.17) is 0 Å². The molecule has 0 atom stereocenters. The Kier molecular flexibility index (Phi) is 1.76. The van der Waals surface area contributed by atoms with Crippen molar-refractivity contribution in [1.82, 2.24) is 4.98 Å². The smallest absolute Gasteiger partial charge is 0.0450 e. The number of hydrogen-bond acceptors (Lipinski definition) is 0. The first-order chi connectivity index (χ1) is 4.79. The third-order valence-corrected chi connectivity index (χ3v) is 1.57. The third-order valence-electron chi connectivity index (χ3n) is 1.57. The predicted molar refractivity (Wildman–Crippen MR) is 45.7 cm³/mol. The summed E-state index contributed by atoms with van der Waals surface area (Å²) in [6.07, 6.45) is 5.58. The molecule has 0 spiro atoms. The predicted octanol–water partition coefficient (Wildman–Crippen LogP) is 2.61. The summed E-state index contributed by atoms with van der Waals surface area (Å²) in [5, 5.41) is 0. The van der Waals surface area contributed by atoms with E-state index in [0.29, 0.717) is 0 Å². The highest BCUT2D eigenvalue weighted by molar-refractivity contribution is 5.63. The molecule has 1 N–H and O–H groups in total. The zero-order valence-corrected chi connectivity index (χ0v) is 6.15. The van der Waals surface area contributed by atoms with Crippen LogP contribution in [-0.4, -0.2) is 4.98 Å². The minimum absolute atomic E-state index is 1.05. The van der Waals surface area contributed by atoms with Gasteiger partial charge in [-0.15, -0.1) is 0 Å². The Morgan fingerprint density at radius 3 is 2.50 bits per heavy atom. The number of rotatable bonds is 2. The van der Waals surface area contributed by atoms with Crippen LogP contribution in [-0.2, 0) is 0 Å². The molecule has 0 aliphatic carbocycles. The average Bonchev–Trinajstić information content (AvgIpc) is 2.30. The van der Waals surface area contributed by atoms with Gasteiger partial charge in [0, 0.05) is 17.5 Å². The molecule has 52 valence electrons. The highest BCUT2D eigenvalue weighted by Crippen LogP contribution is 2.14. The second-order valence-corrected chi connectivity index (χ2v) is 2.21. The number of aryl methyl sites for hydroxylation is 1. The summed E-state index contributed by atoms with van der Waals surface area (Å²) in [4.78, 5) is 3.09. The molecule has 1 nitrogen and oxygen atoms in total. The maximum absolute atomic E-state index is 3.70. The number of aromatic nitrogens is 1. The lowest BCUT2D eigenvalue weighted by Gasteiger charge is -1.90. The van der Waals surface area contributed by atoms with E-state index in [-0.39, 0.29) is 0 Å². The van der Waals surface area contributed by atoms with Crippen molar-refractivity contribution >= 4 is 12.2 Å². The van der Waals surface area contributed by atoms with Gasteiger partial charge >= 0.3 is 0 Å². The van der Waals surface area contributed by atoms with Gasteiger partial charge in [0.1, 0.15) is 0 Å². The van der Waals surface area contributed by atoms with Crippen molar-refractivity contribution in [2.45, 2.75) is 6.92 Å². The first-order valence-corrected chi connectivity index (χ1v) is 3.22. The van der Waals surface area contributed by atoms with Crippen molar-refractivity contribution in [3.63, 3.8) is 0 Å². The maximum Gasteiger partial charge on any atom is 0.0450 e. The van der Waals surface area contributed by atoms with E-state index in [1.807, 2.05) is 19.2 Å². The number of aromatic amines is 1. The van der Waals surface area contributed by atoms with E-state index in [1.165, 1.54) is 5.56 Å². The molecule has 1 heterocycles. The number of hydrogen-bond donors (Lipinski definition) is 1. The summed E-state index contributed by atoms with van der Waals surface area (Å²) in [6.45, 7) is 9.42. The molecule has 0 aromatic carbocycles. The first kappa shape index (κ1) is 6.87. The Morgan fingerprint density at radius 2 is 2.10 bits per heavy atom. The fourth-order valence-corrected chi connectivity index (χ4v) is 0.994. The fraction of sp³-hybridized carbons (Fsp3) is 0.111. The first-order valence-electron chi connectivity index (χ1n) is 3.22. The average molecular weight is 133 g/mol. The van der Waals surface area contributed by atoms with Gasteiger partial charge < -0.3 is 4.98 Å². The lowest BCUT2D eigenvalue weighted by molar-refractivity contribution is 1.36. The van der Waals surface area contributed by atoms with Crippen LogP contribution >= 0.6 is 0 Å². The molecule has 1 aromatic rings. The zero-order chi connectivity index (χ0) is 7.56. The van der Waals surface area contributed by atoms with E-state index in [9.17, 15) is 0 Å². The zero-order valence-electron chi connectivity index (χ0n) is 6.15. The molecule has 0 bridgehead atoms. The molecule has 1 rings (SSSR count). The number of nitrogens with one attached hydrogen (secondary N) is 1. The molecule has 0 saturated carbocycles. The lowest BCUT2D eigenvalue weighted by Crippen LogP contribution is -1.74. The van der Waals surface area contributed by atoms with Crippen LogP contribution in [0.15, 0.2) is 19.4 Å². The Labute approximate surface area is 61.1 Å². The van der Waals surface area contributed by atoms with Crippen molar-refractivity contribution < 1.29 is 0 Å². The van der Waals surface area contributed by atoms with Crippen LogP contribution in [0.5, 0.6) is 0 Å². The third kappa shape index (κ3) is 0.903. The highest BCUT2D eigenvalue weighted by Gasteiger charge is 1.98. The molecule has 0 fully saturated rings. The minimum atomic E-state index is 1.05. The molecular formula is C9H11N. The Morgan fingerprint density at radius 1 is 1.40 bits per heavy atom. The minimum Gasteiger partial charge on any atom is -0.361 e. The summed E-state index contributed by atoms with van der Waals surface area (Å²) < 4.78 is 0. The van der Waals surface area contributed by atoms with Gasteiger partial charge in [-0.25, -0.2) is 0 Å². The molecule has 0 aliphatic rings. The lowest BCUT2D eigenvalue weighted by atomic mass is 10.1. The van der Waals surface area contributed by atoms with Crippen LogP contribution in [0.1, 0.15) is 16.8 Å². The second-order valence-electron chi connectivity index (χ2n) is 2.21. The van der Waals surface area contributed by atoms with Crippen molar-refractivity contribution in [1.29, 1.82) is 0 Å². The molecule has 0 amide bonds. The summed E-state index contributed by atoms with van der Waals surface area (Å²) in [7, 11) is 0. The summed E-state index contributed by atoms with van der Waals surface area (Å²) in [5.41, 5.74) is 3.41. The topological polar surface area (TPSA) is 15.8 Å². The Hall–Kier alpha value is -1.24. The normalized spacial score (nSPS) is 9.30. The van der Waals surface area contributed by atoms with E-state index in [2.05, 4.69) is 18.1 Å². The standard InChI is InChI=1S/C9H11N/c1-4-8-7(3)6-10-9(8)5-2/h4-6,10H,1-2H2,3H3. The van der Waals surface area contributed by atoms with Crippen LogP contribution in [0.2, 0.25) is 0 Å². The van der Waals surface area contributed by atoms with Crippen molar-refractivity contribution in [2.24, 2.45) is 0 Å². The van der Waals surface area contributed by atoms with E-state index < -0.39 is 0 Å². The van der Waals surface area contributed by atoms with Crippen LogP contribution in [0.4, 0.5) is 0 Å². The Bertz CT molecular complexity index is 256. The Balaban J connectivity index is 3.25. The molecule has 10 heavy (non-hydrogen) atoms. The quantitative estimate of drug-likeness (QED) is 0.638. The molecule has 1 heteroatoms.